The van der Waals surface area contributed by atoms with E-state index in [4.69, 9.17) is 21.7 Å². The van der Waals surface area contributed by atoms with Gasteiger partial charge in [-0.3, -0.25) is 18.9 Å². The number of carbonyl (C=O) groups is 1. The minimum atomic E-state index is -0.250. The molecule has 10 heteroatoms. The molecule has 2 aromatic rings. The predicted molar refractivity (Wildman–Crippen MR) is 123 cm³/mol. The van der Waals surface area contributed by atoms with Crippen molar-refractivity contribution in [2.45, 2.75) is 13.3 Å². The average Bonchev–Trinajstić information content (AvgIpc) is 2.99. The third-order valence-corrected chi connectivity index (χ3v) is 5.95. The van der Waals surface area contributed by atoms with Gasteiger partial charge in [0.2, 0.25) is 0 Å². The number of nitrogens with one attached hydrogen (secondary N) is 1. The predicted octanol–water partition coefficient (Wildman–Crippen LogP) is 2.30. The third kappa shape index (κ3) is 4.72. The summed E-state index contributed by atoms with van der Waals surface area (Å²) in [5.74, 6) is 0.202. The molecule has 0 aromatic carbocycles. The summed E-state index contributed by atoms with van der Waals surface area (Å²) in [6, 6.07) is 3.70. The van der Waals surface area contributed by atoms with Gasteiger partial charge in [0.1, 0.15) is 15.8 Å². The summed E-state index contributed by atoms with van der Waals surface area (Å²) in [6.07, 6.45) is 4.01. The number of amides is 1. The monoisotopic (exact) mass is 448 g/mol. The lowest BCUT2D eigenvalue weighted by atomic mass is 10.2. The van der Waals surface area contributed by atoms with Crippen LogP contribution in [0.3, 0.4) is 0 Å². The van der Waals surface area contributed by atoms with E-state index >= 15 is 0 Å². The van der Waals surface area contributed by atoms with Gasteiger partial charge in [-0.2, -0.15) is 0 Å². The Morgan fingerprint density at radius 2 is 2.03 bits per heavy atom. The zero-order valence-corrected chi connectivity index (χ0v) is 18.8. The Morgan fingerprint density at radius 1 is 1.27 bits per heavy atom. The fraction of sp³-hybridized carbons (Fsp3) is 0.400. The summed E-state index contributed by atoms with van der Waals surface area (Å²) in [5.41, 5.74) is 1.52. The van der Waals surface area contributed by atoms with Crippen LogP contribution in [0.5, 0.6) is 0 Å². The Hall–Kier alpha value is -2.27. The van der Waals surface area contributed by atoms with Crippen LogP contribution in [0.25, 0.3) is 11.7 Å². The second kappa shape index (κ2) is 10.2. The Kier molecular flexibility index (Phi) is 7.59. The highest BCUT2D eigenvalue weighted by Gasteiger charge is 2.32. The molecule has 1 aliphatic rings. The number of aromatic nitrogens is 2. The van der Waals surface area contributed by atoms with Crippen LogP contribution in [-0.2, 0) is 14.3 Å². The van der Waals surface area contributed by atoms with Crippen molar-refractivity contribution in [2.24, 2.45) is 0 Å². The van der Waals surface area contributed by atoms with E-state index in [1.165, 1.54) is 21.1 Å². The number of rotatable bonds is 9. The van der Waals surface area contributed by atoms with Gasteiger partial charge in [0, 0.05) is 33.6 Å². The van der Waals surface area contributed by atoms with Crippen LogP contribution >= 0.6 is 24.0 Å². The molecule has 0 atom stereocenters. The summed E-state index contributed by atoms with van der Waals surface area (Å²) in [5, 5.41) is 3.22. The standard InChI is InChI=1S/C20H24N4O4S2/c1-13-6-4-8-23-17(13)22-16(21-7-5-10-27-2)14(18(23)25)12-15-19(26)24(9-11-28-3)20(29)30-15/h4,6,8,12,21H,5,7,9-11H2,1-3H3/b15-12+. The number of carbonyl (C=O) groups excluding carboxylic acids is 1. The molecule has 0 saturated carbocycles. The molecule has 1 saturated heterocycles. The molecule has 0 bridgehead atoms. The van der Waals surface area contributed by atoms with Gasteiger partial charge in [-0.05, 0) is 31.1 Å². The number of fused-ring (bicyclic) bond motifs is 1. The number of anilines is 1. The van der Waals surface area contributed by atoms with E-state index in [9.17, 15) is 9.59 Å². The van der Waals surface area contributed by atoms with E-state index in [2.05, 4.69) is 10.3 Å². The number of aryl methyl sites for hydroxylation is 1. The summed E-state index contributed by atoms with van der Waals surface area (Å²) in [6.45, 7) is 3.82. The van der Waals surface area contributed by atoms with Crippen LogP contribution in [0, 0.1) is 6.92 Å². The third-order valence-electron chi connectivity index (χ3n) is 4.57. The minimum Gasteiger partial charge on any atom is -0.385 e. The van der Waals surface area contributed by atoms with E-state index in [1.807, 2.05) is 13.0 Å². The minimum absolute atomic E-state index is 0.235. The highest BCUT2D eigenvalue weighted by atomic mass is 32.2. The number of thioether (sulfide) groups is 1. The van der Waals surface area contributed by atoms with E-state index in [0.29, 0.717) is 52.6 Å². The number of hydrogen-bond donors (Lipinski definition) is 1. The van der Waals surface area contributed by atoms with Gasteiger partial charge >= 0.3 is 0 Å². The van der Waals surface area contributed by atoms with E-state index in [-0.39, 0.29) is 11.5 Å². The zero-order valence-electron chi connectivity index (χ0n) is 17.1. The van der Waals surface area contributed by atoms with E-state index in [0.717, 1.165) is 12.0 Å². The molecule has 3 heterocycles. The van der Waals surface area contributed by atoms with E-state index < -0.39 is 0 Å². The molecule has 1 amide bonds. The Morgan fingerprint density at radius 3 is 2.77 bits per heavy atom. The lowest BCUT2D eigenvalue weighted by molar-refractivity contribution is -0.122. The lowest BCUT2D eigenvalue weighted by Crippen LogP contribution is -2.31. The number of pyridine rings is 1. The molecular weight excluding hydrogens is 424 g/mol. The normalized spacial score (nSPS) is 15.6. The summed E-state index contributed by atoms with van der Waals surface area (Å²) in [4.78, 5) is 32.6. The number of nitrogens with zero attached hydrogens (tertiary/aromatic N) is 3. The van der Waals surface area contributed by atoms with Crippen LogP contribution in [0.15, 0.2) is 28.0 Å². The molecule has 0 spiro atoms. The smallest absolute Gasteiger partial charge is 0.267 e. The zero-order chi connectivity index (χ0) is 21.7. The lowest BCUT2D eigenvalue weighted by Gasteiger charge is -2.13. The maximum Gasteiger partial charge on any atom is 0.267 e. The summed E-state index contributed by atoms with van der Waals surface area (Å²) in [7, 11) is 3.21. The van der Waals surface area contributed by atoms with Crippen molar-refractivity contribution in [3.8, 4) is 0 Å². The first-order valence-corrected chi connectivity index (χ1v) is 10.7. The van der Waals surface area contributed by atoms with Crippen LogP contribution < -0.4 is 10.9 Å². The molecule has 0 unspecified atom stereocenters. The molecule has 0 aliphatic carbocycles. The highest BCUT2D eigenvalue weighted by Crippen LogP contribution is 2.32. The van der Waals surface area contributed by atoms with Gasteiger partial charge in [0.15, 0.2) is 0 Å². The van der Waals surface area contributed by atoms with Crippen LogP contribution in [-0.4, -0.2) is 65.0 Å². The van der Waals surface area contributed by atoms with Gasteiger partial charge in [0.05, 0.1) is 23.6 Å². The van der Waals surface area contributed by atoms with Crippen molar-refractivity contribution in [2.75, 3.05) is 45.8 Å². The Balaban J connectivity index is 2.04. The number of hydrogen-bond acceptors (Lipinski definition) is 8. The topological polar surface area (TPSA) is 85.2 Å². The van der Waals surface area contributed by atoms with Crippen molar-refractivity contribution < 1.29 is 14.3 Å². The van der Waals surface area contributed by atoms with Crippen LogP contribution in [0.1, 0.15) is 17.5 Å². The highest BCUT2D eigenvalue weighted by molar-refractivity contribution is 8.26. The molecule has 3 rings (SSSR count). The average molecular weight is 449 g/mol. The van der Waals surface area contributed by atoms with Gasteiger partial charge in [0.25, 0.3) is 11.5 Å². The van der Waals surface area contributed by atoms with Gasteiger partial charge in [-0.25, -0.2) is 4.98 Å². The molecule has 8 nitrogen and oxygen atoms in total. The second-order valence-electron chi connectivity index (χ2n) is 6.66. The molecule has 0 radical (unpaired) electrons. The molecule has 1 aliphatic heterocycles. The maximum absolute atomic E-state index is 13.2. The van der Waals surface area contributed by atoms with Crippen molar-refractivity contribution in [1.29, 1.82) is 0 Å². The van der Waals surface area contributed by atoms with Crippen LogP contribution in [0.4, 0.5) is 5.82 Å². The number of thiocarbonyl (C=S) groups is 1. The SMILES string of the molecule is COCCCNc1nc2c(C)cccn2c(=O)c1/C=C1/SC(=S)N(CCOC)C1=O. The van der Waals surface area contributed by atoms with Gasteiger partial charge < -0.3 is 14.8 Å². The summed E-state index contributed by atoms with van der Waals surface area (Å²) >= 11 is 6.50. The quantitative estimate of drug-likeness (QED) is 0.355. The van der Waals surface area contributed by atoms with Crippen molar-refractivity contribution in [1.82, 2.24) is 14.3 Å². The second-order valence-corrected chi connectivity index (χ2v) is 8.34. The van der Waals surface area contributed by atoms with Gasteiger partial charge in [-0.1, -0.05) is 30.0 Å². The molecule has 1 fully saturated rings. The first-order valence-electron chi connectivity index (χ1n) is 9.47. The Labute approximate surface area is 184 Å². The first kappa shape index (κ1) is 22.4. The largest absolute Gasteiger partial charge is 0.385 e. The van der Waals surface area contributed by atoms with Crippen LogP contribution in [0.2, 0.25) is 0 Å². The first-order chi connectivity index (χ1) is 14.5. The van der Waals surface area contributed by atoms with E-state index in [1.54, 1.807) is 32.6 Å². The fourth-order valence-corrected chi connectivity index (χ4v) is 4.30. The molecule has 2 aromatic heterocycles. The van der Waals surface area contributed by atoms with Crippen molar-refractivity contribution >= 4 is 51.7 Å². The molecule has 160 valence electrons. The number of methoxy groups -OCH3 is 2. The summed E-state index contributed by atoms with van der Waals surface area (Å²) < 4.78 is 12.1. The number of ether oxygens (including phenoxy) is 2. The molecule has 1 N–H and O–H groups in total. The molecule has 30 heavy (non-hydrogen) atoms. The molecular formula is C20H24N4O4S2. The van der Waals surface area contributed by atoms with Crippen molar-refractivity contribution in [3.63, 3.8) is 0 Å². The van der Waals surface area contributed by atoms with Crippen molar-refractivity contribution in [3.05, 3.63) is 44.7 Å². The fourth-order valence-electron chi connectivity index (χ4n) is 3.01. The maximum atomic E-state index is 13.2. The van der Waals surface area contributed by atoms with Gasteiger partial charge in [-0.15, -0.1) is 0 Å². The Bertz CT molecular complexity index is 1050.